The molecule has 1 saturated heterocycles. The van der Waals surface area contributed by atoms with E-state index in [9.17, 15) is 19.5 Å². The number of H-pyrrole nitrogens is 1. The molecule has 168 valence electrons. The van der Waals surface area contributed by atoms with E-state index < -0.39 is 30.0 Å². The highest BCUT2D eigenvalue weighted by Crippen LogP contribution is 2.30. The summed E-state index contributed by atoms with van der Waals surface area (Å²) in [5.74, 6) is -1.12. The van der Waals surface area contributed by atoms with Crippen LogP contribution < -0.4 is 10.9 Å². The average molecular weight is 441 g/mol. The lowest BCUT2D eigenvalue weighted by Crippen LogP contribution is -2.28. The van der Waals surface area contributed by atoms with Crippen molar-refractivity contribution in [3.8, 4) is 0 Å². The molecule has 2 aromatic heterocycles. The fourth-order valence-electron chi connectivity index (χ4n) is 3.31. The standard InChI is InChI=1S/C21H23N5O6/c1-11(2)18(28)24-21-23-17-16(19(29)25-21)22-10-26(17)15-8-13(27)14(32-15)9-31-20(30)12-6-4-3-5-7-12/h3-7,10-11,13-15,27H,8-9H2,1-2H3,(H2,23,24,25,28,29). The van der Waals surface area contributed by atoms with E-state index in [-0.39, 0.29) is 42.0 Å². The number of amides is 1. The summed E-state index contributed by atoms with van der Waals surface area (Å²) in [7, 11) is 0. The number of aliphatic hydroxyl groups excluding tert-OH is 1. The molecular weight excluding hydrogens is 418 g/mol. The number of aliphatic hydroxyl groups is 1. The number of imidazole rings is 1. The number of hydrogen-bond acceptors (Lipinski definition) is 8. The topological polar surface area (TPSA) is 148 Å². The van der Waals surface area contributed by atoms with Gasteiger partial charge in [-0.25, -0.2) is 9.78 Å². The minimum atomic E-state index is -0.900. The molecule has 11 heteroatoms. The molecule has 0 spiro atoms. The minimum Gasteiger partial charge on any atom is -0.459 e. The van der Waals surface area contributed by atoms with Gasteiger partial charge in [0.05, 0.1) is 18.0 Å². The Hall–Kier alpha value is -3.57. The van der Waals surface area contributed by atoms with Gasteiger partial charge in [0.25, 0.3) is 5.56 Å². The Labute approximate surface area is 182 Å². The monoisotopic (exact) mass is 441 g/mol. The van der Waals surface area contributed by atoms with Crippen LogP contribution in [0.3, 0.4) is 0 Å². The molecule has 0 bridgehead atoms. The Morgan fingerprint density at radius 1 is 1.34 bits per heavy atom. The highest BCUT2D eigenvalue weighted by molar-refractivity contribution is 5.91. The van der Waals surface area contributed by atoms with Gasteiger partial charge >= 0.3 is 5.97 Å². The second-order valence-electron chi connectivity index (χ2n) is 7.78. The Morgan fingerprint density at radius 3 is 2.81 bits per heavy atom. The van der Waals surface area contributed by atoms with E-state index in [0.29, 0.717) is 5.56 Å². The molecule has 1 aliphatic heterocycles. The fraction of sp³-hybridized carbons (Fsp3) is 0.381. The molecule has 0 radical (unpaired) electrons. The normalized spacial score (nSPS) is 20.6. The van der Waals surface area contributed by atoms with Crippen molar-refractivity contribution in [1.82, 2.24) is 19.5 Å². The van der Waals surface area contributed by atoms with Gasteiger partial charge in [-0.15, -0.1) is 0 Å². The Balaban J connectivity index is 1.49. The van der Waals surface area contributed by atoms with Crippen molar-refractivity contribution >= 4 is 29.0 Å². The lowest BCUT2D eigenvalue weighted by Gasteiger charge is -2.16. The van der Waals surface area contributed by atoms with Gasteiger partial charge in [0.1, 0.15) is 18.9 Å². The first-order valence-electron chi connectivity index (χ1n) is 10.2. The minimum absolute atomic E-state index is 0.00478. The molecule has 4 rings (SSSR count). The summed E-state index contributed by atoms with van der Waals surface area (Å²) in [6, 6.07) is 8.51. The van der Waals surface area contributed by atoms with Crippen molar-refractivity contribution in [3.63, 3.8) is 0 Å². The van der Waals surface area contributed by atoms with Crippen molar-refractivity contribution in [1.29, 1.82) is 0 Å². The van der Waals surface area contributed by atoms with E-state index in [1.165, 1.54) is 10.9 Å². The largest absolute Gasteiger partial charge is 0.459 e. The molecule has 1 fully saturated rings. The number of fused-ring (bicyclic) bond motifs is 1. The second kappa shape index (κ2) is 8.89. The van der Waals surface area contributed by atoms with Gasteiger partial charge in [-0.3, -0.25) is 24.5 Å². The predicted molar refractivity (Wildman–Crippen MR) is 113 cm³/mol. The van der Waals surface area contributed by atoms with Crippen molar-refractivity contribution in [2.45, 2.75) is 38.7 Å². The van der Waals surface area contributed by atoms with Crippen LogP contribution in [0, 0.1) is 5.92 Å². The fourth-order valence-corrected chi connectivity index (χ4v) is 3.31. The Morgan fingerprint density at radius 2 is 2.09 bits per heavy atom. The predicted octanol–water partition coefficient (Wildman–Crippen LogP) is 1.22. The number of hydrogen-bond donors (Lipinski definition) is 3. The number of esters is 1. The van der Waals surface area contributed by atoms with Crippen molar-refractivity contribution in [3.05, 3.63) is 52.6 Å². The van der Waals surface area contributed by atoms with E-state index in [0.717, 1.165) is 0 Å². The number of nitrogens with zero attached hydrogens (tertiary/aromatic N) is 3. The van der Waals surface area contributed by atoms with E-state index in [1.807, 2.05) is 0 Å². The number of carbonyl (C=O) groups excluding carboxylic acids is 2. The quantitative estimate of drug-likeness (QED) is 0.484. The molecule has 0 aliphatic carbocycles. The summed E-state index contributed by atoms with van der Waals surface area (Å²) >= 11 is 0. The van der Waals surface area contributed by atoms with Gasteiger partial charge in [-0.2, -0.15) is 4.98 Å². The maximum Gasteiger partial charge on any atom is 0.338 e. The molecule has 1 aromatic carbocycles. The van der Waals surface area contributed by atoms with Crippen LogP contribution in [0.2, 0.25) is 0 Å². The van der Waals surface area contributed by atoms with Crippen LogP contribution in [0.4, 0.5) is 5.95 Å². The second-order valence-corrected chi connectivity index (χ2v) is 7.78. The van der Waals surface area contributed by atoms with Crippen LogP contribution in [-0.4, -0.2) is 55.3 Å². The Bertz CT molecular complexity index is 1190. The molecule has 1 amide bonds. The molecule has 3 heterocycles. The number of anilines is 1. The van der Waals surface area contributed by atoms with Gasteiger partial charge in [-0.05, 0) is 12.1 Å². The van der Waals surface area contributed by atoms with Gasteiger partial charge in [-0.1, -0.05) is 32.0 Å². The maximum absolute atomic E-state index is 12.3. The summed E-state index contributed by atoms with van der Waals surface area (Å²) in [6.07, 6.45) is -0.772. The molecule has 3 aromatic rings. The van der Waals surface area contributed by atoms with Crippen LogP contribution >= 0.6 is 0 Å². The van der Waals surface area contributed by atoms with E-state index in [4.69, 9.17) is 9.47 Å². The van der Waals surface area contributed by atoms with Crippen molar-refractivity contribution in [2.24, 2.45) is 5.92 Å². The lowest BCUT2D eigenvalue weighted by atomic mass is 10.2. The first-order chi connectivity index (χ1) is 15.3. The van der Waals surface area contributed by atoms with E-state index in [1.54, 1.807) is 44.2 Å². The van der Waals surface area contributed by atoms with Crippen LogP contribution in [0.1, 0.15) is 36.9 Å². The zero-order chi connectivity index (χ0) is 22.8. The first-order valence-corrected chi connectivity index (χ1v) is 10.2. The van der Waals surface area contributed by atoms with E-state index in [2.05, 4.69) is 20.3 Å². The summed E-state index contributed by atoms with van der Waals surface area (Å²) < 4.78 is 12.7. The van der Waals surface area contributed by atoms with Gasteiger partial charge in [0.2, 0.25) is 11.9 Å². The smallest absolute Gasteiger partial charge is 0.338 e. The van der Waals surface area contributed by atoms with Crippen LogP contribution in [0.15, 0.2) is 41.5 Å². The van der Waals surface area contributed by atoms with Crippen LogP contribution in [0.5, 0.6) is 0 Å². The number of nitrogens with one attached hydrogen (secondary N) is 2. The molecule has 1 aliphatic rings. The zero-order valence-electron chi connectivity index (χ0n) is 17.5. The van der Waals surface area contributed by atoms with Crippen molar-refractivity contribution < 1.29 is 24.2 Å². The van der Waals surface area contributed by atoms with Crippen molar-refractivity contribution in [2.75, 3.05) is 11.9 Å². The molecule has 32 heavy (non-hydrogen) atoms. The van der Waals surface area contributed by atoms with Crippen LogP contribution in [-0.2, 0) is 14.3 Å². The highest BCUT2D eigenvalue weighted by atomic mass is 16.6. The third-order valence-corrected chi connectivity index (χ3v) is 5.10. The van der Waals surface area contributed by atoms with E-state index >= 15 is 0 Å². The van der Waals surface area contributed by atoms with Gasteiger partial charge in [0, 0.05) is 12.3 Å². The number of rotatable bonds is 6. The third kappa shape index (κ3) is 4.39. The third-order valence-electron chi connectivity index (χ3n) is 5.10. The molecule has 11 nitrogen and oxygen atoms in total. The molecule has 3 unspecified atom stereocenters. The summed E-state index contributed by atoms with van der Waals surface area (Å²) in [6.45, 7) is 3.30. The van der Waals surface area contributed by atoms with Crippen LogP contribution in [0.25, 0.3) is 11.2 Å². The average Bonchev–Trinajstić information content (AvgIpc) is 3.36. The highest BCUT2D eigenvalue weighted by Gasteiger charge is 2.37. The molecule has 3 N–H and O–H groups in total. The first kappa shape index (κ1) is 21.7. The summed E-state index contributed by atoms with van der Waals surface area (Å²) in [5.41, 5.74) is 0.160. The zero-order valence-corrected chi connectivity index (χ0v) is 17.5. The molecule has 3 atom stereocenters. The number of carbonyl (C=O) groups is 2. The maximum atomic E-state index is 12.3. The lowest BCUT2D eigenvalue weighted by molar-refractivity contribution is -0.118. The summed E-state index contributed by atoms with van der Waals surface area (Å²) in [5, 5.41) is 13.0. The SMILES string of the molecule is CC(C)C(=O)Nc1nc2c(ncn2C2CC(O)C(COC(=O)c3ccccc3)O2)c(=O)[nH]1. The number of aromatic amines is 1. The van der Waals surface area contributed by atoms with Gasteiger partial charge < -0.3 is 14.6 Å². The number of ether oxygens (including phenoxy) is 2. The molecular formula is C21H23N5O6. The molecule has 0 saturated carbocycles. The van der Waals surface area contributed by atoms with Gasteiger partial charge in [0.15, 0.2) is 11.2 Å². The summed E-state index contributed by atoms with van der Waals surface area (Å²) in [4.78, 5) is 47.3. The number of benzene rings is 1. The Kier molecular flexibility index (Phi) is 6.01. The number of aromatic nitrogens is 4.